The van der Waals surface area contributed by atoms with E-state index in [-0.39, 0.29) is 0 Å². The molecule has 1 aromatic heterocycles. The van der Waals surface area contributed by atoms with Crippen molar-refractivity contribution in [2.24, 2.45) is 12.5 Å². The van der Waals surface area contributed by atoms with Gasteiger partial charge in [0.1, 0.15) is 0 Å². The summed E-state index contributed by atoms with van der Waals surface area (Å²) >= 11 is 0. The zero-order chi connectivity index (χ0) is 10.9. The highest BCUT2D eigenvalue weighted by atomic mass is 16.4. The Bertz CT molecular complexity index is 353. The predicted molar refractivity (Wildman–Crippen MR) is 53.1 cm³/mol. The van der Waals surface area contributed by atoms with E-state index in [4.69, 9.17) is 5.11 Å². The fourth-order valence-electron chi connectivity index (χ4n) is 1.27. The van der Waals surface area contributed by atoms with Crippen LogP contribution in [0, 0.1) is 12.3 Å². The lowest BCUT2D eigenvalue weighted by atomic mass is 9.86. The predicted octanol–water partition coefficient (Wildman–Crippen LogP) is 1.38. The molecule has 1 aromatic rings. The van der Waals surface area contributed by atoms with Crippen molar-refractivity contribution < 1.29 is 9.90 Å². The summed E-state index contributed by atoms with van der Waals surface area (Å²) in [4.78, 5) is 10.9. The molecule has 4 nitrogen and oxygen atoms in total. The Labute approximate surface area is 83.5 Å². The van der Waals surface area contributed by atoms with Gasteiger partial charge in [-0.25, -0.2) is 0 Å². The molecule has 0 amide bonds. The molecule has 78 valence electrons. The van der Waals surface area contributed by atoms with Crippen LogP contribution in [0.15, 0.2) is 6.20 Å². The fraction of sp³-hybridized carbons (Fsp3) is 0.600. The van der Waals surface area contributed by atoms with Crippen LogP contribution in [0.2, 0.25) is 0 Å². The molecule has 1 rings (SSSR count). The van der Waals surface area contributed by atoms with E-state index in [0.29, 0.717) is 6.42 Å². The molecule has 0 radical (unpaired) electrons. The molecular weight excluding hydrogens is 180 g/mol. The minimum atomic E-state index is -0.777. The van der Waals surface area contributed by atoms with Gasteiger partial charge in [-0.15, -0.1) is 0 Å². The van der Waals surface area contributed by atoms with E-state index in [0.717, 1.165) is 11.3 Å². The normalized spacial score (nSPS) is 11.7. The lowest BCUT2D eigenvalue weighted by molar-refractivity contribution is -0.146. The molecular formula is C10H16N2O2. The Balaban J connectivity index is 2.89. The molecule has 0 aliphatic carbocycles. The summed E-state index contributed by atoms with van der Waals surface area (Å²) in [6, 6.07) is 0. The molecule has 0 aliphatic heterocycles. The number of aromatic nitrogens is 2. The van der Waals surface area contributed by atoms with Crippen LogP contribution in [0.1, 0.15) is 25.1 Å². The van der Waals surface area contributed by atoms with Gasteiger partial charge in [0.25, 0.3) is 0 Å². The van der Waals surface area contributed by atoms with Gasteiger partial charge in [0, 0.05) is 12.7 Å². The second kappa shape index (κ2) is 3.44. The quantitative estimate of drug-likeness (QED) is 0.794. The SMILES string of the molecule is Cc1c(CC(C)(C)C(=O)O)cnn1C. The van der Waals surface area contributed by atoms with Gasteiger partial charge in [0.2, 0.25) is 0 Å². The molecule has 1 heterocycles. The molecule has 1 N–H and O–H groups in total. The maximum atomic E-state index is 10.9. The molecule has 0 aliphatic rings. The lowest BCUT2D eigenvalue weighted by Gasteiger charge is -2.18. The average molecular weight is 196 g/mol. The number of rotatable bonds is 3. The number of hydrogen-bond donors (Lipinski definition) is 1. The van der Waals surface area contributed by atoms with Crippen LogP contribution >= 0.6 is 0 Å². The minimum absolute atomic E-state index is 0.516. The van der Waals surface area contributed by atoms with Crippen molar-refractivity contribution in [2.75, 3.05) is 0 Å². The van der Waals surface area contributed by atoms with Crippen molar-refractivity contribution in [1.29, 1.82) is 0 Å². The zero-order valence-corrected chi connectivity index (χ0v) is 9.03. The maximum absolute atomic E-state index is 10.9. The highest BCUT2D eigenvalue weighted by molar-refractivity contribution is 5.74. The van der Waals surface area contributed by atoms with Crippen molar-refractivity contribution in [1.82, 2.24) is 9.78 Å². The molecule has 0 aromatic carbocycles. The number of aryl methyl sites for hydroxylation is 1. The summed E-state index contributed by atoms with van der Waals surface area (Å²) in [6.07, 6.45) is 2.25. The van der Waals surface area contributed by atoms with E-state index in [1.165, 1.54) is 0 Å². The Morgan fingerprint density at radius 1 is 1.64 bits per heavy atom. The first-order valence-electron chi connectivity index (χ1n) is 4.55. The van der Waals surface area contributed by atoms with E-state index in [9.17, 15) is 4.79 Å². The maximum Gasteiger partial charge on any atom is 0.309 e. The van der Waals surface area contributed by atoms with Gasteiger partial charge in [0.15, 0.2) is 0 Å². The summed E-state index contributed by atoms with van der Waals surface area (Å²) in [5, 5.41) is 13.1. The number of carboxylic acids is 1. The molecule has 0 saturated heterocycles. The summed E-state index contributed by atoms with van der Waals surface area (Å²) in [7, 11) is 1.85. The second-order valence-corrected chi connectivity index (χ2v) is 4.24. The van der Waals surface area contributed by atoms with Gasteiger partial charge in [-0.05, 0) is 32.8 Å². The fourth-order valence-corrected chi connectivity index (χ4v) is 1.27. The first-order valence-corrected chi connectivity index (χ1v) is 4.55. The van der Waals surface area contributed by atoms with Gasteiger partial charge in [0.05, 0.1) is 11.6 Å². The van der Waals surface area contributed by atoms with Crippen LogP contribution in [-0.4, -0.2) is 20.9 Å². The molecule has 0 atom stereocenters. The van der Waals surface area contributed by atoms with Crippen LogP contribution in [-0.2, 0) is 18.3 Å². The van der Waals surface area contributed by atoms with E-state index >= 15 is 0 Å². The zero-order valence-electron chi connectivity index (χ0n) is 9.03. The third-order valence-corrected chi connectivity index (χ3v) is 2.55. The first-order chi connectivity index (χ1) is 6.34. The van der Waals surface area contributed by atoms with Crippen molar-refractivity contribution >= 4 is 5.97 Å². The van der Waals surface area contributed by atoms with Crippen LogP contribution < -0.4 is 0 Å². The average Bonchev–Trinajstić information content (AvgIpc) is 2.35. The molecule has 0 saturated carbocycles. The first kappa shape index (κ1) is 10.8. The number of nitrogens with zero attached hydrogens (tertiary/aromatic N) is 2. The van der Waals surface area contributed by atoms with E-state index < -0.39 is 11.4 Å². The van der Waals surface area contributed by atoms with Crippen molar-refractivity contribution in [3.05, 3.63) is 17.5 Å². The van der Waals surface area contributed by atoms with Gasteiger partial charge >= 0.3 is 5.97 Å². The number of hydrogen-bond acceptors (Lipinski definition) is 2. The van der Waals surface area contributed by atoms with E-state index in [1.807, 2.05) is 14.0 Å². The molecule has 14 heavy (non-hydrogen) atoms. The summed E-state index contributed by atoms with van der Waals surface area (Å²) in [5.41, 5.74) is 1.30. The Morgan fingerprint density at radius 3 is 2.57 bits per heavy atom. The summed E-state index contributed by atoms with van der Waals surface area (Å²) in [6.45, 7) is 5.39. The Hall–Kier alpha value is -1.32. The van der Waals surface area contributed by atoms with Crippen LogP contribution in [0.3, 0.4) is 0 Å². The summed E-state index contributed by atoms with van der Waals surface area (Å²) in [5.74, 6) is -0.777. The second-order valence-electron chi connectivity index (χ2n) is 4.24. The highest BCUT2D eigenvalue weighted by Crippen LogP contribution is 2.23. The molecule has 0 fully saturated rings. The van der Waals surface area contributed by atoms with Crippen molar-refractivity contribution in [2.45, 2.75) is 27.2 Å². The number of carbonyl (C=O) groups is 1. The molecule has 0 unspecified atom stereocenters. The van der Waals surface area contributed by atoms with Crippen molar-refractivity contribution in [3.8, 4) is 0 Å². The highest BCUT2D eigenvalue weighted by Gasteiger charge is 2.28. The van der Waals surface area contributed by atoms with Crippen molar-refractivity contribution in [3.63, 3.8) is 0 Å². The standard InChI is InChI=1S/C10H16N2O2/c1-7-8(6-11-12(7)4)5-10(2,3)9(13)14/h6H,5H2,1-4H3,(H,13,14). The van der Waals surface area contributed by atoms with Crippen LogP contribution in [0.4, 0.5) is 0 Å². The van der Waals surface area contributed by atoms with Gasteiger partial charge in [-0.1, -0.05) is 0 Å². The smallest absolute Gasteiger partial charge is 0.309 e. The largest absolute Gasteiger partial charge is 0.481 e. The molecule has 0 spiro atoms. The Morgan fingerprint density at radius 2 is 2.21 bits per heavy atom. The Kier molecular flexibility index (Phi) is 2.64. The molecule has 4 heteroatoms. The van der Waals surface area contributed by atoms with Gasteiger partial charge < -0.3 is 5.11 Å². The minimum Gasteiger partial charge on any atom is -0.481 e. The summed E-state index contributed by atoms with van der Waals surface area (Å²) < 4.78 is 1.76. The third kappa shape index (κ3) is 1.95. The van der Waals surface area contributed by atoms with E-state index in [1.54, 1.807) is 24.7 Å². The van der Waals surface area contributed by atoms with Gasteiger partial charge in [-0.2, -0.15) is 5.10 Å². The van der Waals surface area contributed by atoms with E-state index in [2.05, 4.69) is 5.10 Å². The number of aliphatic carboxylic acids is 1. The number of carboxylic acid groups (broad SMARTS) is 1. The third-order valence-electron chi connectivity index (χ3n) is 2.55. The topological polar surface area (TPSA) is 55.1 Å². The monoisotopic (exact) mass is 196 g/mol. The molecule has 0 bridgehead atoms. The lowest BCUT2D eigenvalue weighted by Crippen LogP contribution is -2.26. The van der Waals surface area contributed by atoms with Gasteiger partial charge in [-0.3, -0.25) is 9.48 Å². The van der Waals surface area contributed by atoms with Crippen LogP contribution in [0.25, 0.3) is 0 Å². The van der Waals surface area contributed by atoms with Crippen LogP contribution in [0.5, 0.6) is 0 Å².